The zero-order valence-electron chi connectivity index (χ0n) is 11.9. The van der Waals surface area contributed by atoms with E-state index in [1.165, 1.54) is 12.5 Å². The van der Waals surface area contributed by atoms with Crippen molar-refractivity contribution in [2.24, 2.45) is 0 Å². The fraction of sp³-hybridized carbons (Fsp3) is 0.533. The molecular weight excluding hydrogens is 276 g/mol. The molecule has 0 unspecified atom stereocenters. The maximum absolute atomic E-state index is 12.1. The van der Waals surface area contributed by atoms with Crippen LogP contribution in [0.15, 0.2) is 23.1 Å². The standard InChI is InChI=1S/C15H20O4S/c1-11-8-9-12(10-14(11)20(2,17)18)15(16)19-13-6-4-3-5-7-13/h8-10,13H,3-7H2,1-2H3. The molecule has 0 aromatic heterocycles. The molecule has 4 nitrogen and oxygen atoms in total. The lowest BCUT2D eigenvalue weighted by atomic mass is 9.98. The molecule has 20 heavy (non-hydrogen) atoms. The summed E-state index contributed by atoms with van der Waals surface area (Å²) in [5, 5.41) is 0. The summed E-state index contributed by atoms with van der Waals surface area (Å²) in [5.41, 5.74) is 0.948. The maximum Gasteiger partial charge on any atom is 0.338 e. The fourth-order valence-electron chi connectivity index (χ4n) is 2.53. The zero-order valence-corrected chi connectivity index (χ0v) is 12.7. The van der Waals surface area contributed by atoms with E-state index in [9.17, 15) is 13.2 Å². The van der Waals surface area contributed by atoms with E-state index in [1.54, 1.807) is 19.1 Å². The predicted molar refractivity (Wildman–Crippen MR) is 76.6 cm³/mol. The van der Waals surface area contributed by atoms with Gasteiger partial charge >= 0.3 is 5.97 Å². The predicted octanol–water partition coefficient (Wildman–Crippen LogP) is 2.89. The van der Waals surface area contributed by atoms with Gasteiger partial charge in [-0.3, -0.25) is 0 Å². The number of sulfone groups is 1. The van der Waals surface area contributed by atoms with Gasteiger partial charge in [-0.15, -0.1) is 0 Å². The summed E-state index contributed by atoms with van der Waals surface area (Å²) in [6, 6.07) is 4.68. The van der Waals surface area contributed by atoms with Gasteiger partial charge in [-0.25, -0.2) is 13.2 Å². The van der Waals surface area contributed by atoms with Gasteiger partial charge < -0.3 is 4.74 Å². The summed E-state index contributed by atoms with van der Waals surface area (Å²) in [6.45, 7) is 1.71. The number of ether oxygens (including phenoxy) is 1. The van der Waals surface area contributed by atoms with Crippen LogP contribution in [0.25, 0.3) is 0 Å². The second kappa shape index (κ2) is 5.95. The van der Waals surface area contributed by atoms with Gasteiger partial charge in [0.1, 0.15) is 6.10 Å². The maximum atomic E-state index is 12.1. The van der Waals surface area contributed by atoms with Crippen LogP contribution in [-0.2, 0) is 14.6 Å². The molecule has 1 aromatic carbocycles. The number of rotatable bonds is 3. The molecule has 0 atom stereocenters. The second-order valence-corrected chi connectivity index (χ2v) is 7.40. The quantitative estimate of drug-likeness (QED) is 0.805. The summed E-state index contributed by atoms with van der Waals surface area (Å²) in [7, 11) is -3.33. The molecule has 1 aliphatic rings. The van der Waals surface area contributed by atoms with Gasteiger partial charge in [-0.05, 0) is 50.3 Å². The molecule has 5 heteroatoms. The summed E-state index contributed by atoms with van der Waals surface area (Å²) in [5.74, 6) is -0.429. The number of hydrogen-bond acceptors (Lipinski definition) is 4. The molecule has 1 aromatic rings. The average molecular weight is 296 g/mol. The molecule has 0 N–H and O–H groups in total. The Morgan fingerprint density at radius 2 is 1.85 bits per heavy atom. The number of aryl methyl sites for hydroxylation is 1. The van der Waals surface area contributed by atoms with Gasteiger partial charge in [0, 0.05) is 6.26 Å². The molecule has 0 radical (unpaired) electrons. The lowest BCUT2D eigenvalue weighted by Gasteiger charge is -2.21. The summed E-state index contributed by atoms with van der Waals surface area (Å²) in [6.07, 6.45) is 6.27. The largest absolute Gasteiger partial charge is 0.459 e. The van der Waals surface area contributed by atoms with Crippen molar-refractivity contribution in [3.8, 4) is 0 Å². The van der Waals surface area contributed by atoms with Crippen molar-refractivity contribution in [2.45, 2.75) is 50.0 Å². The molecule has 1 saturated carbocycles. The minimum atomic E-state index is -3.33. The van der Waals surface area contributed by atoms with Crippen LogP contribution < -0.4 is 0 Å². The highest BCUT2D eigenvalue weighted by Gasteiger charge is 2.20. The van der Waals surface area contributed by atoms with Gasteiger partial charge in [0.15, 0.2) is 9.84 Å². The Morgan fingerprint density at radius 1 is 1.20 bits per heavy atom. The van der Waals surface area contributed by atoms with Gasteiger partial charge in [0.05, 0.1) is 10.5 Å². The molecule has 0 amide bonds. The minimum Gasteiger partial charge on any atom is -0.459 e. The number of esters is 1. The number of carbonyl (C=O) groups is 1. The SMILES string of the molecule is Cc1ccc(C(=O)OC2CCCCC2)cc1S(C)(=O)=O. The molecule has 110 valence electrons. The number of carbonyl (C=O) groups excluding carboxylic acids is 1. The van der Waals surface area contributed by atoms with E-state index in [-0.39, 0.29) is 11.0 Å². The molecule has 0 bridgehead atoms. The zero-order chi connectivity index (χ0) is 14.8. The normalized spacial score (nSPS) is 16.9. The van der Waals surface area contributed by atoms with Gasteiger partial charge in [-0.1, -0.05) is 12.5 Å². The summed E-state index contributed by atoms with van der Waals surface area (Å²) < 4.78 is 28.8. The highest BCUT2D eigenvalue weighted by atomic mass is 32.2. The second-order valence-electron chi connectivity index (χ2n) is 5.42. The Bertz CT molecular complexity index is 598. The van der Waals surface area contributed by atoms with Crippen LogP contribution in [0, 0.1) is 6.92 Å². The van der Waals surface area contributed by atoms with Crippen molar-refractivity contribution in [1.82, 2.24) is 0 Å². The first-order valence-corrected chi connectivity index (χ1v) is 8.79. The van der Waals surface area contributed by atoms with Gasteiger partial charge in [0.25, 0.3) is 0 Å². The Balaban J connectivity index is 2.18. The van der Waals surface area contributed by atoms with Crippen molar-refractivity contribution in [1.29, 1.82) is 0 Å². The van der Waals surface area contributed by atoms with Crippen molar-refractivity contribution in [2.75, 3.05) is 6.26 Å². The lowest BCUT2D eigenvalue weighted by molar-refractivity contribution is 0.0211. The molecule has 2 rings (SSSR count). The Labute approximate surface area is 120 Å². The fourth-order valence-corrected chi connectivity index (χ4v) is 3.52. The van der Waals surface area contributed by atoms with Crippen molar-refractivity contribution in [3.05, 3.63) is 29.3 Å². The van der Waals surface area contributed by atoms with Crippen LogP contribution in [0.1, 0.15) is 48.0 Å². The Kier molecular flexibility index (Phi) is 4.48. The molecule has 0 heterocycles. The van der Waals surface area contributed by atoms with Crippen molar-refractivity contribution >= 4 is 15.8 Å². The minimum absolute atomic E-state index is 0.0285. The topological polar surface area (TPSA) is 60.4 Å². The molecule has 0 spiro atoms. The van der Waals surface area contributed by atoms with Crippen LogP contribution in [0.2, 0.25) is 0 Å². The van der Waals surface area contributed by atoms with Crippen LogP contribution in [0.5, 0.6) is 0 Å². The van der Waals surface area contributed by atoms with E-state index in [4.69, 9.17) is 4.74 Å². The van der Waals surface area contributed by atoms with E-state index < -0.39 is 15.8 Å². The first kappa shape index (κ1) is 15.0. The average Bonchev–Trinajstić information content (AvgIpc) is 2.39. The molecule has 1 aliphatic carbocycles. The summed E-state index contributed by atoms with van der Waals surface area (Å²) >= 11 is 0. The smallest absolute Gasteiger partial charge is 0.338 e. The van der Waals surface area contributed by atoms with Crippen molar-refractivity contribution in [3.63, 3.8) is 0 Å². The first-order chi connectivity index (χ1) is 9.38. The van der Waals surface area contributed by atoms with Crippen LogP contribution in [0.3, 0.4) is 0 Å². The van der Waals surface area contributed by atoms with E-state index in [0.29, 0.717) is 11.1 Å². The first-order valence-electron chi connectivity index (χ1n) is 6.89. The summed E-state index contributed by atoms with van der Waals surface area (Å²) in [4.78, 5) is 12.3. The third-order valence-electron chi connectivity index (χ3n) is 3.65. The van der Waals surface area contributed by atoms with Crippen molar-refractivity contribution < 1.29 is 17.9 Å². The molecule has 1 fully saturated rings. The highest BCUT2D eigenvalue weighted by molar-refractivity contribution is 7.90. The molecule has 0 aliphatic heterocycles. The third kappa shape index (κ3) is 3.60. The van der Waals surface area contributed by atoms with Crippen LogP contribution in [0.4, 0.5) is 0 Å². The van der Waals surface area contributed by atoms with E-state index >= 15 is 0 Å². The highest BCUT2D eigenvalue weighted by Crippen LogP contribution is 2.23. The molecule has 0 saturated heterocycles. The Hall–Kier alpha value is -1.36. The Morgan fingerprint density at radius 3 is 2.45 bits per heavy atom. The number of benzene rings is 1. The van der Waals surface area contributed by atoms with Crippen LogP contribution >= 0.6 is 0 Å². The van der Waals surface area contributed by atoms with E-state index in [1.807, 2.05) is 0 Å². The third-order valence-corrected chi connectivity index (χ3v) is 4.89. The van der Waals surface area contributed by atoms with E-state index in [0.717, 1.165) is 31.9 Å². The van der Waals surface area contributed by atoms with Gasteiger partial charge in [0.2, 0.25) is 0 Å². The monoisotopic (exact) mass is 296 g/mol. The van der Waals surface area contributed by atoms with Gasteiger partial charge in [-0.2, -0.15) is 0 Å². The van der Waals surface area contributed by atoms with Crippen LogP contribution in [-0.4, -0.2) is 26.7 Å². The number of hydrogen-bond donors (Lipinski definition) is 0. The van der Waals surface area contributed by atoms with E-state index in [2.05, 4.69) is 0 Å². The molecular formula is C15H20O4S. The lowest BCUT2D eigenvalue weighted by Crippen LogP contribution is -2.21.